The summed E-state index contributed by atoms with van der Waals surface area (Å²) in [5.74, 6) is 0.518. The Labute approximate surface area is 341 Å². The Hall–Kier alpha value is -6.87. The molecule has 0 fully saturated rings. The third kappa shape index (κ3) is 7.76. The zero-order valence-corrected chi connectivity index (χ0v) is 33.5. The van der Waals surface area contributed by atoms with Gasteiger partial charge in [0.05, 0.1) is 11.4 Å². The first-order valence-electron chi connectivity index (χ1n) is 20.0. The molecule has 58 heavy (non-hydrogen) atoms. The van der Waals surface area contributed by atoms with Crippen molar-refractivity contribution < 1.29 is 9.59 Å². The van der Waals surface area contributed by atoms with Gasteiger partial charge < -0.3 is 15.1 Å². The SMILES string of the molecule is CCCCC(=O)Nc1ccc(C(=O)N(CC)CC)cc1N(C)c1ccc(-c2ccccc2-c2nnnn2C(c2ccccc2)(c2ccccc2)c2ccccc2)cc1. The Bertz CT molecular complexity index is 2350. The number of tetrazole rings is 1. The van der Waals surface area contributed by atoms with Gasteiger partial charge in [0.15, 0.2) is 5.82 Å². The molecular weight excluding hydrogens is 719 g/mol. The van der Waals surface area contributed by atoms with Crippen LogP contribution in [0.4, 0.5) is 17.1 Å². The van der Waals surface area contributed by atoms with Crippen LogP contribution in [0, 0.1) is 0 Å². The smallest absolute Gasteiger partial charge is 0.253 e. The van der Waals surface area contributed by atoms with E-state index in [0.29, 0.717) is 36.6 Å². The molecule has 0 aliphatic heterocycles. The average molecular weight is 768 g/mol. The molecule has 2 amide bonds. The Balaban J connectivity index is 1.30. The molecule has 0 saturated heterocycles. The van der Waals surface area contributed by atoms with Gasteiger partial charge in [-0.25, -0.2) is 4.68 Å². The number of benzene rings is 6. The molecule has 0 atom stereocenters. The third-order valence-electron chi connectivity index (χ3n) is 10.8. The maximum atomic E-state index is 13.5. The lowest BCUT2D eigenvalue weighted by atomic mass is 9.77. The predicted octanol–water partition coefficient (Wildman–Crippen LogP) is 10.2. The molecule has 9 nitrogen and oxygen atoms in total. The molecule has 9 heteroatoms. The molecule has 0 radical (unpaired) electrons. The number of unbranched alkanes of at least 4 members (excludes halogenated alkanes) is 1. The number of hydrogen-bond donors (Lipinski definition) is 1. The van der Waals surface area contributed by atoms with Gasteiger partial charge in [0, 0.05) is 43.4 Å². The van der Waals surface area contributed by atoms with E-state index in [2.05, 4.69) is 127 Å². The van der Waals surface area contributed by atoms with Crippen LogP contribution >= 0.6 is 0 Å². The highest BCUT2D eigenvalue weighted by atomic mass is 16.2. The maximum Gasteiger partial charge on any atom is 0.253 e. The van der Waals surface area contributed by atoms with Crippen molar-refractivity contribution in [2.75, 3.05) is 30.4 Å². The van der Waals surface area contributed by atoms with E-state index >= 15 is 0 Å². The summed E-state index contributed by atoms with van der Waals surface area (Å²) in [6.07, 6.45) is 2.16. The van der Waals surface area contributed by atoms with Crippen LogP contribution in [0.1, 0.15) is 67.1 Å². The van der Waals surface area contributed by atoms with Crippen molar-refractivity contribution in [2.45, 2.75) is 45.6 Å². The highest BCUT2D eigenvalue weighted by molar-refractivity contribution is 6.00. The van der Waals surface area contributed by atoms with E-state index in [1.165, 1.54) is 0 Å². The molecule has 0 aliphatic rings. The van der Waals surface area contributed by atoms with Crippen LogP contribution < -0.4 is 10.2 Å². The zero-order valence-electron chi connectivity index (χ0n) is 33.5. The predicted molar refractivity (Wildman–Crippen MR) is 233 cm³/mol. The van der Waals surface area contributed by atoms with Crippen molar-refractivity contribution in [3.8, 4) is 22.5 Å². The van der Waals surface area contributed by atoms with Gasteiger partial charge in [-0.15, -0.1) is 5.10 Å². The number of aromatic nitrogens is 4. The molecule has 7 aromatic rings. The summed E-state index contributed by atoms with van der Waals surface area (Å²) in [6.45, 7) is 7.23. The van der Waals surface area contributed by atoms with E-state index in [-0.39, 0.29) is 11.8 Å². The molecule has 1 heterocycles. The highest BCUT2D eigenvalue weighted by Crippen LogP contribution is 2.43. The Kier molecular flexibility index (Phi) is 12.2. The van der Waals surface area contributed by atoms with E-state index in [4.69, 9.17) is 10.3 Å². The standard InChI is InChI=1S/C49H49N7O2/c1-5-8-28-46(57)50-44-34-31-37(48(58)55(6-2)7-3)35-45(44)54(4)41-32-29-36(30-33-41)42-26-18-19-27-43(42)47-51-52-53-56(47)49(38-20-12-9-13-21-38,39-22-14-10-15-23-39)40-24-16-11-17-25-40/h9-27,29-35H,5-8,28H2,1-4H3,(H,50,57). The quantitative estimate of drug-likeness (QED) is 0.104. The summed E-state index contributed by atoms with van der Waals surface area (Å²) >= 11 is 0. The highest BCUT2D eigenvalue weighted by Gasteiger charge is 2.42. The number of nitrogens with zero attached hydrogens (tertiary/aromatic N) is 6. The summed E-state index contributed by atoms with van der Waals surface area (Å²) in [6, 6.07) is 53.1. The number of amides is 2. The van der Waals surface area contributed by atoms with Gasteiger partial charge in [-0.3, -0.25) is 9.59 Å². The average Bonchev–Trinajstić information content (AvgIpc) is 3.77. The first kappa shape index (κ1) is 39.4. The van der Waals surface area contributed by atoms with Crippen LogP contribution in [0.25, 0.3) is 22.5 Å². The topological polar surface area (TPSA) is 96.2 Å². The Morgan fingerprint density at radius 1 is 0.672 bits per heavy atom. The molecule has 0 spiro atoms. The molecular formula is C49H49N7O2. The zero-order chi connectivity index (χ0) is 40.5. The van der Waals surface area contributed by atoms with Crippen molar-refractivity contribution in [1.29, 1.82) is 0 Å². The van der Waals surface area contributed by atoms with E-state index in [0.717, 1.165) is 57.6 Å². The summed E-state index contributed by atoms with van der Waals surface area (Å²) in [5.41, 5.74) is 7.83. The van der Waals surface area contributed by atoms with Crippen LogP contribution in [0.3, 0.4) is 0 Å². The molecule has 0 saturated carbocycles. The van der Waals surface area contributed by atoms with E-state index in [1.54, 1.807) is 11.0 Å². The van der Waals surface area contributed by atoms with Gasteiger partial charge in [-0.2, -0.15) is 0 Å². The monoisotopic (exact) mass is 767 g/mol. The lowest BCUT2D eigenvalue weighted by molar-refractivity contribution is -0.116. The molecule has 1 aromatic heterocycles. The van der Waals surface area contributed by atoms with Crippen molar-refractivity contribution >= 4 is 28.9 Å². The van der Waals surface area contributed by atoms with Crippen molar-refractivity contribution in [3.63, 3.8) is 0 Å². The van der Waals surface area contributed by atoms with Crippen LogP contribution in [0.2, 0.25) is 0 Å². The first-order chi connectivity index (χ1) is 28.4. The molecule has 292 valence electrons. The fourth-order valence-corrected chi connectivity index (χ4v) is 7.71. The molecule has 6 aromatic carbocycles. The lowest BCUT2D eigenvalue weighted by Crippen LogP contribution is -2.39. The first-order valence-corrected chi connectivity index (χ1v) is 20.0. The molecule has 0 aliphatic carbocycles. The van der Waals surface area contributed by atoms with E-state index < -0.39 is 5.54 Å². The van der Waals surface area contributed by atoms with Gasteiger partial charge in [0.25, 0.3) is 5.91 Å². The van der Waals surface area contributed by atoms with E-state index in [9.17, 15) is 9.59 Å². The molecule has 7 rings (SSSR count). The van der Waals surface area contributed by atoms with E-state index in [1.807, 2.05) is 72.9 Å². The van der Waals surface area contributed by atoms with Crippen molar-refractivity contribution in [3.05, 3.63) is 180 Å². The summed E-state index contributed by atoms with van der Waals surface area (Å²) in [4.78, 5) is 30.2. The third-order valence-corrected chi connectivity index (χ3v) is 10.8. The minimum Gasteiger partial charge on any atom is -0.343 e. The second-order valence-electron chi connectivity index (χ2n) is 14.2. The van der Waals surface area contributed by atoms with Crippen molar-refractivity contribution in [1.82, 2.24) is 25.1 Å². The lowest BCUT2D eigenvalue weighted by Gasteiger charge is -2.36. The van der Waals surface area contributed by atoms with Crippen LogP contribution in [0.15, 0.2) is 158 Å². The number of nitrogens with one attached hydrogen (secondary N) is 1. The number of anilines is 3. The molecule has 0 bridgehead atoms. The van der Waals surface area contributed by atoms with Crippen molar-refractivity contribution in [2.24, 2.45) is 0 Å². The number of carbonyl (C=O) groups excluding carboxylic acids is 2. The number of hydrogen-bond acceptors (Lipinski definition) is 6. The van der Waals surface area contributed by atoms with Crippen LogP contribution in [-0.4, -0.2) is 57.1 Å². The molecule has 1 N–H and O–H groups in total. The fourth-order valence-electron chi connectivity index (χ4n) is 7.71. The molecule has 0 unspecified atom stereocenters. The minimum absolute atomic E-state index is 0.0476. The number of rotatable bonds is 15. The summed E-state index contributed by atoms with van der Waals surface area (Å²) in [7, 11) is 1.95. The normalized spacial score (nSPS) is 11.2. The van der Waals surface area contributed by atoms with Gasteiger partial charge >= 0.3 is 0 Å². The second-order valence-corrected chi connectivity index (χ2v) is 14.2. The van der Waals surface area contributed by atoms with Gasteiger partial charge in [0.2, 0.25) is 5.91 Å². The Morgan fingerprint density at radius 3 is 1.78 bits per heavy atom. The van der Waals surface area contributed by atoms with Gasteiger partial charge in [-0.1, -0.05) is 141 Å². The van der Waals surface area contributed by atoms with Crippen LogP contribution in [-0.2, 0) is 10.3 Å². The van der Waals surface area contributed by atoms with Gasteiger partial charge in [-0.05, 0) is 88.8 Å². The van der Waals surface area contributed by atoms with Gasteiger partial charge in [0.1, 0.15) is 5.54 Å². The van der Waals surface area contributed by atoms with Crippen LogP contribution in [0.5, 0.6) is 0 Å². The Morgan fingerprint density at radius 2 is 1.22 bits per heavy atom. The summed E-state index contributed by atoms with van der Waals surface area (Å²) in [5, 5.41) is 16.9. The number of carbonyl (C=O) groups is 2. The fraction of sp³-hybridized carbons (Fsp3) is 0.204. The largest absolute Gasteiger partial charge is 0.343 e. The summed E-state index contributed by atoms with van der Waals surface area (Å²) < 4.78 is 1.96. The minimum atomic E-state index is -0.896. The second kappa shape index (κ2) is 17.9. The maximum absolute atomic E-state index is 13.5.